The lowest BCUT2D eigenvalue weighted by atomic mass is 10.0. The number of benzene rings is 2. The summed E-state index contributed by atoms with van der Waals surface area (Å²) in [4.78, 5) is 40.4. The second kappa shape index (κ2) is 9.85. The van der Waals surface area contributed by atoms with Gasteiger partial charge in [-0.25, -0.2) is 4.79 Å². The summed E-state index contributed by atoms with van der Waals surface area (Å²) in [5.74, 6) is -0.833. The van der Waals surface area contributed by atoms with Crippen molar-refractivity contribution in [3.8, 4) is 11.3 Å². The Bertz CT molecular complexity index is 1320. The number of amides is 2. The van der Waals surface area contributed by atoms with Crippen LogP contribution < -0.4 is 5.32 Å². The molecule has 7 nitrogen and oxygen atoms in total. The van der Waals surface area contributed by atoms with E-state index in [2.05, 4.69) is 5.32 Å². The quantitative estimate of drug-likeness (QED) is 0.433. The molecule has 5 rings (SSSR count). The van der Waals surface area contributed by atoms with Gasteiger partial charge in [-0.1, -0.05) is 53.7 Å². The highest BCUT2D eigenvalue weighted by Crippen LogP contribution is 2.46. The van der Waals surface area contributed by atoms with Crippen molar-refractivity contribution < 1.29 is 23.9 Å². The molecule has 10 heteroatoms. The molecule has 2 atom stereocenters. The molecule has 1 saturated heterocycles. The smallest absolute Gasteiger partial charge is 0.353 e. The number of thioether (sulfide) groups is 2. The standard InChI is InChI=1S/C25H19ClN2O5S2/c26-15-9-7-14(8-10-15)12-20(29)27-21-23(30)28-22(25(31)32)19(13-34-24(21)28)35-18-6-2-1-4-16(18)17-5-3-11-33-17/h1-11,21,24H,12-13H2,(H,27,29)(H,31,32)/t21-,24-/m1/s1. The summed E-state index contributed by atoms with van der Waals surface area (Å²) >= 11 is 8.63. The van der Waals surface area contributed by atoms with E-state index < -0.39 is 23.3 Å². The van der Waals surface area contributed by atoms with E-state index in [1.807, 2.05) is 30.3 Å². The van der Waals surface area contributed by atoms with Crippen LogP contribution in [0.25, 0.3) is 11.3 Å². The number of carboxylic acid groups (broad SMARTS) is 1. The first-order chi connectivity index (χ1) is 16.9. The van der Waals surface area contributed by atoms with Crippen LogP contribution in [0.15, 0.2) is 86.8 Å². The minimum atomic E-state index is -1.17. The number of nitrogens with one attached hydrogen (secondary N) is 1. The molecule has 1 aromatic heterocycles. The first-order valence-corrected chi connectivity index (χ1v) is 12.9. The average molecular weight is 527 g/mol. The first kappa shape index (κ1) is 23.6. The molecule has 2 aliphatic rings. The van der Waals surface area contributed by atoms with E-state index in [0.29, 0.717) is 21.4 Å². The number of hydrogen-bond donors (Lipinski definition) is 2. The van der Waals surface area contributed by atoms with Crippen LogP contribution in [-0.4, -0.2) is 45.0 Å². The Morgan fingerprint density at radius 1 is 1.14 bits per heavy atom. The first-order valence-electron chi connectivity index (χ1n) is 10.7. The third-order valence-corrected chi connectivity index (χ3v) is 8.51. The minimum Gasteiger partial charge on any atom is -0.477 e. The number of halogens is 1. The maximum atomic E-state index is 13.0. The van der Waals surface area contributed by atoms with Gasteiger partial charge in [-0.15, -0.1) is 11.8 Å². The fraction of sp³-hybridized carbons (Fsp3) is 0.160. The number of fused-ring (bicyclic) bond motifs is 1. The Morgan fingerprint density at radius 2 is 1.91 bits per heavy atom. The number of carbonyl (C=O) groups excluding carboxylic acids is 2. The molecule has 0 bridgehead atoms. The van der Waals surface area contributed by atoms with E-state index in [0.717, 1.165) is 16.0 Å². The summed E-state index contributed by atoms with van der Waals surface area (Å²) in [5.41, 5.74) is 1.57. The number of carbonyl (C=O) groups is 3. The van der Waals surface area contributed by atoms with Gasteiger partial charge in [0.25, 0.3) is 5.91 Å². The predicted molar refractivity (Wildman–Crippen MR) is 135 cm³/mol. The number of carboxylic acids is 1. The molecule has 35 heavy (non-hydrogen) atoms. The van der Waals surface area contributed by atoms with E-state index in [1.54, 1.807) is 36.6 Å². The number of aliphatic carboxylic acids is 1. The molecule has 3 aromatic rings. The zero-order valence-electron chi connectivity index (χ0n) is 18.1. The number of β-lactam (4-membered cyclic amide) rings is 1. The monoisotopic (exact) mass is 526 g/mol. The molecular formula is C25H19ClN2O5S2. The van der Waals surface area contributed by atoms with Crippen LogP contribution in [0.1, 0.15) is 5.56 Å². The van der Waals surface area contributed by atoms with Crippen molar-refractivity contribution in [1.29, 1.82) is 0 Å². The van der Waals surface area contributed by atoms with E-state index in [1.165, 1.54) is 28.4 Å². The zero-order chi connectivity index (χ0) is 24.5. The van der Waals surface area contributed by atoms with Gasteiger partial charge in [0.2, 0.25) is 5.91 Å². The molecule has 3 heterocycles. The van der Waals surface area contributed by atoms with Crippen molar-refractivity contribution in [3.63, 3.8) is 0 Å². The number of rotatable bonds is 7. The molecule has 2 N–H and O–H groups in total. The fourth-order valence-electron chi connectivity index (χ4n) is 4.01. The molecule has 0 unspecified atom stereocenters. The number of nitrogens with zero attached hydrogens (tertiary/aromatic N) is 1. The lowest BCUT2D eigenvalue weighted by Crippen LogP contribution is -2.70. The van der Waals surface area contributed by atoms with Crippen molar-refractivity contribution in [2.45, 2.75) is 22.7 Å². The van der Waals surface area contributed by atoms with Gasteiger partial charge in [-0.2, -0.15) is 0 Å². The van der Waals surface area contributed by atoms with Gasteiger partial charge in [0.1, 0.15) is 22.9 Å². The fourth-order valence-corrected chi connectivity index (χ4v) is 6.74. The molecule has 2 aromatic carbocycles. The van der Waals surface area contributed by atoms with Crippen molar-refractivity contribution >= 4 is 52.9 Å². The molecule has 2 aliphatic heterocycles. The largest absolute Gasteiger partial charge is 0.477 e. The van der Waals surface area contributed by atoms with Gasteiger partial charge < -0.3 is 14.8 Å². The van der Waals surface area contributed by atoms with Crippen LogP contribution in [0, 0.1) is 0 Å². The average Bonchev–Trinajstić information content (AvgIpc) is 3.39. The normalized spacial score (nSPS) is 19.2. The molecule has 0 aliphatic carbocycles. The summed E-state index contributed by atoms with van der Waals surface area (Å²) in [7, 11) is 0. The van der Waals surface area contributed by atoms with Gasteiger partial charge in [0.05, 0.1) is 12.7 Å². The third-order valence-electron chi connectivity index (χ3n) is 5.64. The van der Waals surface area contributed by atoms with Crippen molar-refractivity contribution in [3.05, 3.63) is 88.1 Å². The van der Waals surface area contributed by atoms with Gasteiger partial charge in [0.15, 0.2) is 0 Å². The third kappa shape index (κ3) is 4.71. The van der Waals surface area contributed by atoms with Crippen LogP contribution in [0.3, 0.4) is 0 Å². The summed E-state index contributed by atoms with van der Waals surface area (Å²) in [5, 5.41) is 12.8. The van der Waals surface area contributed by atoms with Gasteiger partial charge in [-0.05, 0) is 35.9 Å². The van der Waals surface area contributed by atoms with E-state index >= 15 is 0 Å². The van der Waals surface area contributed by atoms with E-state index in [4.69, 9.17) is 16.0 Å². The van der Waals surface area contributed by atoms with Crippen molar-refractivity contribution in [1.82, 2.24) is 10.2 Å². The predicted octanol–water partition coefficient (Wildman–Crippen LogP) is 4.63. The second-order valence-corrected chi connectivity index (χ2v) is 10.6. The Balaban J connectivity index is 1.33. The molecule has 2 amide bonds. The van der Waals surface area contributed by atoms with Crippen molar-refractivity contribution in [2.75, 3.05) is 5.75 Å². The summed E-state index contributed by atoms with van der Waals surface area (Å²) < 4.78 is 5.53. The topological polar surface area (TPSA) is 99.9 Å². The second-order valence-electron chi connectivity index (χ2n) is 7.91. The van der Waals surface area contributed by atoms with Crippen molar-refractivity contribution in [2.24, 2.45) is 0 Å². The molecule has 0 spiro atoms. The molecule has 0 radical (unpaired) electrons. The lowest BCUT2D eigenvalue weighted by Gasteiger charge is -2.49. The maximum absolute atomic E-state index is 13.0. The summed E-state index contributed by atoms with van der Waals surface area (Å²) in [6.07, 6.45) is 1.69. The Morgan fingerprint density at radius 3 is 2.63 bits per heavy atom. The minimum absolute atomic E-state index is 0.0406. The van der Waals surface area contributed by atoms with Crippen LogP contribution in [0.2, 0.25) is 5.02 Å². The van der Waals surface area contributed by atoms with Gasteiger partial charge in [-0.3, -0.25) is 14.5 Å². The highest BCUT2D eigenvalue weighted by atomic mass is 35.5. The highest BCUT2D eigenvalue weighted by molar-refractivity contribution is 8.06. The van der Waals surface area contributed by atoms with E-state index in [9.17, 15) is 19.5 Å². The van der Waals surface area contributed by atoms with Gasteiger partial charge in [0, 0.05) is 26.1 Å². The maximum Gasteiger partial charge on any atom is 0.353 e. The van der Waals surface area contributed by atoms with Gasteiger partial charge >= 0.3 is 5.97 Å². The SMILES string of the molecule is O=C(Cc1ccc(Cl)cc1)N[C@@H]1C(=O)N2C(C(=O)O)=C(Sc3ccccc3-c3ccco3)CS[C@H]12. The van der Waals surface area contributed by atoms with Crippen LogP contribution >= 0.6 is 35.1 Å². The molecular weight excluding hydrogens is 508 g/mol. The molecule has 0 saturated carbocycles. The highest BCUT2D eigenvalue weighted by Gasteiger charge is 2.54. The van der Waals surface area contributed by atoms with Crippen LogP contribution in [-0.2, 0) is 20.8 Å². The Labute approximate surface area is 214 Å². The van der Waals surface area contributed by atoms with E-state index in [-0.39, 0.29) is 18.0 Å². The lowest BCUT2D eigenvalue weighted by molar-refractivity contribution is -0.150. The Hall–Kier alpha value is -3.14. The van der Waals surface area contributed by atoms with Crippen LogP contribution in [0.5, 0.6) is 0 Å². The molecule has 1 fully saturated rings. The van der Waals surface area contributed by atoms with Crippen LogP contribution in [0.4, 0.5) is 0 Å². The summed E-state index contributed by atoms with van der Waals surface area (Å²) in [6, 6.07) is 17.3. The number of hydrogen-bond acceptors (Lipinski definition) is 6. The zero-order valence-corrected chi connectivity index (χ0v) is 20.5. The Kier molecular flexibility index (Phi) is 6.64. The molecule has 178 valence electrons. The number of furan rings is 1. The summed E-state index contributed by atoms with van der Waals surface area (Å²) in [6.45, 7) is 0.